The number of carboxylic acid groups (broad SMARTS) is 1. The Bertz CT molecular complexity index is 1080. The van der Waals surface area contributed by atoms with Gasteiger partial charge in [0.1, 0.15) is 29.1 Å². The average molecular weight is 397 g/mol. The van der Waals surface area contributed by atoms with E-state index in [-0.39, 0.29) is 0 Å². The first-order valence-corrected chi connectivity index (χ1v) is 8.75. The lowest BCUT2D eigenvalue weighted by molar-refractivity contribution is -0.139. The fourth-order valence-electron chi connectivity index (χ4n) is 3.81. The molecule has 1 amide bonds. The molecule has 3 aromatic carbocycles. The Kier molecular flexibility index (Phi) is 4.58. The van der Waals surface area contributed by atoms with Gasteiger partial charge in [-0.15, -0.1) is 0 Å². The first kappa shape index (κ1) is 18.7. The Morgan fingerprint density at radius 3 is 1.83 bits per heavy atom. The van der Waals surface area contributed by atoms with Crippen LogP contribution in [0.4, 0.5) is 13.2 Å². The Balaban J connectivity index is 1.77. The van der Waals surface area contributed by atoms with E-state index in [1.54, 1.807) is 24.3 Å². The number of carbonyl (C=O) groups is 2. The predicted molar refractivity (Wildman–Crippen MR) is 98.9 cm³/mol. The molecule has 4 rings (SSSR count). The van der Waals surface area contributed by atoms with Crippen molar-refractivity contribution in [2.24, 2.45) is 0 Å². The molecule has 0 saturated carbocycles. The Hall–Kier alpha value is -3.61. The second-order valence-corrected chi connectivity index (χ2v) is 6.69. The van der Waals surface area contributed by atoms with Crippen LogP contribution in [0.5, 0.6) is 0 Å². The van der Waals surface area contributed by atoms with Crippen molar-refractivity contribution in [1.29, 1.82) is 0 Å². The van der Waals surface area contributed by atoms with E-state index in [4.69, 9.17) is 0 Å². The molecule has 1 aliphatic carbocycles. The minimum Gasteiger partial charge on any atom is -0.480 e. The summed E-state index contributed by atoms with van der Waals surface area (Å²) in [6, 6.07) is 13.6. The Labute approximate surface area is 163 Å². The molecule has 4 nitrogen and oxygen atoms in total. The summed E-state index contributed by atoms with van der Waals surface area (Å²) >= 11 is 0. The van der Waals surface area contributed by atoms with Crippen molar-refractivity contribution in [1.82, 2.24) is 5.32 Å². The zero-order chi connectivity index (χ0) is 20.7. The second-order valence-electron chi connectivity index (χ2n) is 6.69. The molecule has 0 heterocycles. The highest BCUT2D eigenvalue weighted by molar-refractivity contribution is 5.98. The van der Waals surface area contributed by atoms with Crippen molar-refractivity contribution in [2.75, 3.05) is 0 Å². The fourth-order valence-corrected chi connectivity index (χ4v) is 3.81. The molecule has 29 heavy (non-hydrogen) atoms. The highest BCUT2D eigenvalue weighted by Crippen LogP contribution is 2.46. The van der Waals surface area contributed by atoms with Gasteiger partial charge in [0.15, 0.2) is 0 Å². The molecule has 0 aromatic heterocycles. The van der Waals surface area contributed by atoms with E-state index in [0.29, 0.717) is 23.3 Å². The SMILES string of the molecule is O=C(N[C@H](C(=O)O)C1c2ccccc2-c2ccccc21)c1c(F)cc(F)cc1F. The van der Waals surface area contributed by atoms with E-state index >= 15 is 0 Å². The predicted octanol–water partition coefficient (Wildman–Crippen LogP) is 4.10. The number of aliphatic carboxylic acids is 1. The van der Waals surface area contributed by atoms with Gasteiger partial charge in [-0.2, -0.15) is 0 Å². The third kappa shape index (κ3) is 3.14. The number of hydrogen-bond donors (Lipinski definition) is 2. The molecule has 0 radical (unpaired) electrons. The second kappa shape index (κ2) is 7.09. The molecule has 0 aliphatic heterocycles. The molecular weight excluding hydrogens is 383 g/mol. The van der Waals surface area contributed by atoms with E-state index in [1.807, 2.05) is 24.3 Å². The zero-order valence-electron chi connectivity index (χ0n) is 14.8. The van der Waals surface area contributed by atoms with Gasteiger partial charge in [0.25, 0.3) is 5.91 Å². The minimum absolute atomic E-state index is 0.369. The van der Waals surface area contributed by atoms with Crippen molar-refractivity contribution < 1.29 is 27.9 Å². The van der Waals surface area contributed by atoms with Gasteiger partial charge >= 0.3 is 5.97 Å². The smallest absolute Gasteiger partial charge is 0.327 e. The molecule has 0 spiro atoms. The van der Waals surface area contributed by atoms with Gasteiger partial charge in [-0.3, -0.25) is 4.79 Å². The van der Waals surface area contributed by atoms with Crippen LogP contribution in [-0.2, 0) is 4.79 Å². The molecular formula is C22H14F3NO3. The van der Waals surface area contributed by atoms with Gasteiger partial charge in [-0.25, -0.2) is 18.0 Å². The number of amides is 1. The maximum Gasteiger partial charge on any atom is 0.327 e. The van der Waals surface area contributed by atoms with Gasteiger partial charge < -0.3 is 10.4 Å². The quantitative estimate of drug-likeness (QED) is 0.697. The minimum atomic E-state index is -1.49. The summed E-state index contributed by atoms with van der Waals surface area (Å²) in [5.41, 5.74) is 1.99. The molecule has 1 aliphatic rings. The Morgan fingerprint density at radius 1 is 0.862 bits per heavy atom. The number of benzene rings is 3. The van der Waals surface area contributed by atoms with Crippen molar-refractivity contribution in [2.45, 2.75) is 12.0 Å². The zero-order valence-corrected chi connectivity index (χ0v) is 14.8. The van der Waals surface area contributed by atoms with Crippen LogP contribution in [0.25, 0.3) is 11.1 Å². The monoisotopic (exact) mass is 397 g/mol. The van der Waals surface area contributed by atoms with Crippen LogP contribution in [0.1, 0.15) is 27.4 Å². The summed E-state index contributed by atoms with van der Waals surface area (Å²) in [5.74, 6) is -7.37. The summed E-state index contributed by atoms with van der Waals surface area (Å²) in [5, 5.41) is 12.0. The number of carboxylic acids is 1. The normalized spacial score (nSPS) is 13.5. The van der Waals surface area contributed by atoms with Crippen molar-refractivity contribution in [3.05, 3.63) is 94.8 Å². The van der Waals surface area contributed by atoms with Crippen LogP contribution in [0.15, 0.2) is 60.7 Å². The number of rotatable bonds is 4. The van der Waals surface area contributed by atoms with E-state index in [1.165, 1.54) is 0 Å². The summed E-state index contributed by atoms with van der Waals surface area (Å²) in [7, 11) is 0. The lowest BCUT2D eigenvalue weighted by Crippen LogP contribution is -2.45. The molecule has 3 aromatic rings. The summed E-state index contributed by atoms with van der Waals surface area (Å²) < 4.78 is 41.1. The van der Waals surface area contributed by atoms with E-state index in [0.717, 1.165) is 11.1 Å². The molecule has 146 valence electrons. The maximum absolute atomic E-state index is 14.0. The number of nitrogens with one attached hydrogen (secondary N) is 1. The highest BCUT2D eigenvalue weighted by atomic mass is 19.1. The molecule has 1 atom stereocenters. The molecule has 0 fully saturated rings. The topological polar surface area (TPSA) is 66.4 Å². The van der Waals surface area contributed by atoms with Crippen LogP contribution >= 0.6 is 0 Å². The first-order chi connectivity index (χ1) is 13.9. The maximum atomic E-state index is 14.0. The molecule has 0 bridgehead atoms. The number of halogens is 3. The Morgan fingerprint density at radius 2 is 1.34 bits per heavy atom. The summed E-state index contributed by atoms with van der Waals surface area (Å²) in [4.78, 5) is 24.6. The molecule has 2 N–H and O–H groups in total. The standard InChI is InChI=1S/C22H14F3NO3/c23-11-9-16(24)19(17(25)10-11)21(27)26-20(22(28)29)18-14-7-3-1-5-12(14)13-6-2-4-8-15(13)18/h1-10,18,20H,(H,26,27)(H,28,29)/t20-/m0/s1. The van der Waals surface area contributed by atoms with Crippen LogP contribution in [0.2, 0.25) is 0 Å². The number of fused-ring (bicyclic) bond motifs is 3. The van der Waals surface area contributed by atoms with Crippen LogP contribution < -0.4 is 5.32 Å². The fraction of sp³-hybridized carbons (Fsp3) is 0.0909. The van der Waals surface area contributed by atoms with Crippen LogP contribution in [-0.4, -0.2) is 23.0 Å². The van der Waals surface area contributed by atoms with E-state index < -0.39 is 46.9 Å². The summed E-state index contributed by atoms with van der Waals surface area (Å²) in [6.07, 6.45) is 0. The summed E-state index contributed by atoms with van der Waals surface area (Å²) in [6.45, 7) is 0. The van der Waals surface area contributed by atoms with Gasteiger partial charge in [0.2, 0.25) is 0 Å². The number of carbonyl (C=O) groups excluding carboxylic acids is 1. The van der Waals surface area contributed by atoms with Crippen molar-refractivity contribution >= 4 is 11.9 Å². The van der Waals surface area contributed by atoms with Crippen molar-refractivity contribution in [3.63, 3.8) is 0 Å². The third-order valence-corrected chi connectivity index (χ3v) is 5.00. The highest BCUT2D eigenvalue weighted by Gasteiger charge is 2.39. The number of hydrogen-bond acceptors (Lipinski definition) is 2. The molecule has 7 heteroatoms. The van der Waals surface area contributed by atoms with Crippen LogP contribution in [0.3, 0.4) is 0 Å². The van der Waals surface area contributed by atoms with E-state index in [9.17, 15) is 27.9 Å². The average Bonchev–Trinajstić information content (AvgIpc) is 2.99. The third-order valence-electron chi connectivity index (χ3n) is 5.00. The van der Waals surface area contributed by atoms with Crippen LogP contribution in [0, 0.1) is 17.5 Å². The molecule has 0 saturated heterocycles. The van der Waals surface area contributed by atoms with Gasteiger partial charge in [0, 0.05) is 18.1 Å². The van der Waals surface area contributed by atoms with Gasteiger partial charge in [-0.05, 0) is 22.3 Å². The van der Waals surface area contributed by atoms with Crippen molar-refractivity contribution in [3.8, 4) is 11.1 Å². The van der Waals surface area contributed by atoms with Gasteiger partial charge in [0.05, 0.1) is 0 Å². The van der Waals surface area contributed by atoms with Gasteiger partial charge in [-0.1, -0.05) is 48.5 Å². The van der Waals surface area contributed by atoms with E-state index in [2.05, 4.69) is 5.32 Å². The lowest BCUT2D eigenvalue weighted by atomic mass is 9.89. The lowest BCUT2D eigenvalue weighted by Gasteiger charge is -2.23. The largest absolute Gasteiger partial charge is 0.480 e. The molecule has 0 unspecified atom stereocenters. The first-order valence-electron chi connectivity index (χ1n) is 8.75.